The lowest BCUT2D eigenvalue weighted by atomic mass is 10.0. The molecule has 2 saturated heterocycles. The molecule has 8 heteroatoms. The molecule has 0 saturated carbocycles. The molecule has 0 radical (unpaired) electrons. The van der Waals surface area contributed by atoms with Gasteiger partial charge in [0.25, 0.3) is 0 Å². The van der Waals surface area contributed by atoms with E-state index in [1.807, 2.05) is 6.92 Å². The first kappa shape index (κ1) is 15.7. The second kappa shape index (κ2) is 5.37. The molecule has 2 N–H and O–H groups in total. The van der Waals surface area contributed by atoms with Gasteiger partial charge in [-0.25, -0.2) is 17.8 Å². The van der Waals surface area contributed by atoms with Gasteiger partial charge in [-0.3, -0.25) is 0 Å². The molecule has 2 aromatic rings. The number of hydrogen-bond donors (Lipinski definition) is 2. The Kier molecular flexibility index (Phi) is 3.52. The number of halogens is 1. The van der Waals surface area contributed by atoms with E-state index in [1.165, 1.54) is 22.5 Å². The van der Waals surface area contributed by atoms with Gasteiger partial charge in [-0.1, -0.05) is 6.07 Å². The predicted octanol–water partition coefficient (Wildman–Crippen LogP) is 1.45. The molecule has 0 bridgehead atoms. The minimum atomic E-state index is -3.88. The van der Waals surface area contributed by atoms with Crippen LogP contribution in [0.1, 0.15) is 13.3 Å². The van der Waals surface area contributed by atoms with Crippen molar-refractivity contribution in [1.29, 1.82) is 0 Å². The molecule has 1 aromatic carbocycles. The third kappa shape index (κ3) is 2.13. The smallest absolute Gasteiger partial charge is 0.244 e. The summed E-state index contributed by atoms with van der Waals surface area (Å²) in [5.41, 5.74) is 0. The van der Waals surface area contributed by atoms with Crippen LogP contribution >= 0.6 is 0 Å². The Hall–Kier alpha value is -1.77. The van der Waals surface area contributed by atoms with E-state index in [2.05, 4.69) is 10.3 Å². The topological polar surface area (TPSA) is 82.5 Å². The highest BCUT2D eigenvalue weighted by Gasteiger charge is 2.47. The van der Waals surface area contributed by atoms with Crippen LogP contribution < -0.4 is 5.32 Å². The Labute approximate surface area is 139 Å². The van der Waals surface area contributed by atoms with Gasteiger partial charge in [-0.05, 0) is 37.9 Å². The highest BCUT2D eigenvalue weighted by Crippen LogP contribution is 2.37. The Balaban J connectivity index is 1.87. The van der Waals surface area contributed by atoms with Crippen LogP contribution in [0.2, 0.25) is 0 Å². The second-order valence-corrected chi connectivity index (χ2v) is 8.31. The number of fused-ring (bicyclic) bond motifs is 2. The lowest BCUT2D eigenvalue weighted by Gasteiger charge is -2.24. The number of hydrogen-bond acceptors (Lipinski definition) is 5. The Morgan fingerprint density at radius 2 is 2.21 bits per heavy atom. The maximum absolute atomic E-state index is 14.3. The molecule has 0 aliphatic carbocycles. The Morgan fingerprint density at radius 3 is 2.96 bits per heavy atom. The lowest BCUT2D eigenvalue weighted by molar-refractivity contribution is 0.373. The summed E-state index contributed by atoms with van der Waals surface area (Å²) < 4.78 is 42.1. The van der Waals surface area contributed by atoms with Crippen molar-refractivity contribution in [2.75, 3.05) is 13.1 Å². The van der Waals surface area contributed by atoms with E-state index >= 15 is 0 Å². The maximum atomic E-state index is 14.3. The molecule has 3 atom stereocenters. The summed E-state index contributed by atoms with van der Waals surface area (Å²) in [5, 5.41) is 13.2. The van der Waals surface area contributed by atoms with Crippen LogP contribution in [0, 0.1) is 11.7 Å². The zero-order valence-electron chi connectivity index (χ0n) is 13.1. The van der Waals surface area contributed by atoms with Gasteiger partial charge in [0.15, 0.2) is 5.82 Å². The van der Waals surface area contributed by atoms with Crippen molar-refractivity contribution in [2.45, 2.75) is 30.3 Å². The zero-order chi connectivity index (χ0) is 17.1. The standard InChI is InChI=1S/C16H18FN3O3S/c1-9-15-10(5-6-18-15)8-20(9)24(22,23)13-4-2-3-11-14(13)12(17)7-19-16(11)21/h2-4,7,9-10,15,18H,5-6,8H2,1H3,(H,19,21). The van der Waals surface area contributed by atoms with Crippen molar-refractivity contribution >= 4 is 20.8 Å². The second-order valence-electron chi connectivity index (χ2n) is 6.45. The van der Waals surface area contributed by atoms with E-state index in [4.69, 9.17) is 0 Å². The van der Waals surface area contributed by atoms with E-state index in [0.717, 1.165) is 19.2 Å². The monoisotopic (exact) mass is 351 g/mol. The number of sulfonamides is 1. The fraction of sp³-hybridized carbons (Fsp3) is 0.438. The number of pyridine rings is 1. The van der Waals surface area contributed by atoms with E-state index in [9.17, 15) is 17.9 Å². The molecule has 0 amide bonds. The van der Waals surface area contributed by atoms with Crippen LogP contribution in [-0.4, -0.2) is 48.0 Å². The molecule has 2 aliphatic heterocycles. The Morgan fingerprint density at radius 1 is 1.42 bits per heavy atom. The molecule has 24 heavy (non-hydrogen) atoms. The van der Waals surface area contributed by atoms with Crippen molar-refractivity contribution in [1.82, 2.24) is 14.6 Å². The van der Waals surface area contributed by atoms with E-state index in [1.54, 1.807) is 0 Å². The molecule has 4 rings (SSSR count). The molecular formula is C16H18FN3O3S. The molecular weight excluding hydrogens is 333 g/mol. The summed E-state index contributed by atoms with van der Waals surface area (Å²) in [6.45, 7) is 3.20. The quantitative estimate of drug-likeness (QED) is 0.856. The summed E-state index contributed by atoms with van der Waals surface area (Å²) in [6.07, 6.45) is 1.79. The number of rotatable bonds is 2. The van der Waals surface area contributed by atoms with Crippen molar-refractivity contribution in [2.24, 2.45) is 5.92 Å². The molecule has 0 spiro atoms. The predicted molar refractivity (Wildman–Crippen MR) is 86.6 cm³/mol. The first-order chi connectivity index (χ1) is 11.4. The summed E-state index contributed by atoms with van der Waals surface area (Å²) >= 11 is 0. The van der Waals surface area contributed by atoms with Gasteiger partial charge in [0, 0.05) is 29.4 Å². The minimum Gasteiger partial charge on any atom is -0.493 e. The Bertz CT molecular complexity index is 918. The summed E-state index contributed by atoms with van der Waals surface area (Å²) in [4.78, 5) is 3.43. The summed E-state index contributed by atoms with van der Waals surface area (Å²) in [7, 11) is -3.88. The van der Waals surface area contributed by atoms with E-state index in [0.29, 0.717) is 6.54 Å². The number of nitrogens with zero attached hydrogens (tertiary/aromatic N) is 2. The van der Waals surface area contributed by atoms with Crippen LogP contribution in [0.15, 0.2) is 29.3 Å². The first-order valence-electron chi connectivity index (χ1n) is 7.92. The van der Waals surface area contributed by atoms with Gasteiger partial charge in [0.2, 0.25) is 15.9 Å². The molecule has 3 unspecified atom stereocenters. The number of aromatic hydroxyl groups is 1. The summed E-state index contributed by atoms with van der Waals surface area (Å²) in [6, 6.07) is 4.28. The summed E-state index contributed by atoms with van der Waals surface area (Å²) in [5.74, 6) is -0.853. The SMILES string of the molecule is CC1C2NCCC2CN1S(=O)(=O)c1cccc2c(O)ncc(F)c12. The molecule has 2 aliphatic rings. The number of nitrogens with one attached hydrogen (secondary N) is 1. The van der Waals surface area contributed by atoms with Crippen LogP contribution in [0.4, 0.5) is 4.39 Å². The van der Waals surface area contributed by atoms with Crippen molar-refractivity contribution < 1.29 is 17.9 Å². The highest BCUT2D eigenvalue weighted by atomic mass is 32.2. The van der Waals surface area contributed by atoms with Gasteiger partial charge in [-0.2, -0.15) is 4.31 Å². The third-order valence-electron chi connectivity index (χ3n) is 5.18. The molecule has 6 nitrogen and oxygen atoms in total. The third-order valence-corrected chi connectivity index (χ3v) is 7.18. The average Bonchev–Trinajstić information content (AvgIpc) is 3.14. The largest absolute Gasteiger partial charge is 0.493 e. The van der Waals surface area contributed by atoms with Gasteiger partial charge in [0.05, 0.1) is 11.1 Å². The van der Waals surface area contributed by atoms with Gasteiger partial charge >= 0.3 is 0 Å². The van der Waals surface area contributed by atoms with E-state index < -0.39 is 15.8 Å². The van der Waals surface area contributed by atoms with Gasteiger partial charge in [0.1, 0.15) is 0 Å². The van der Waals surface area contributed by atoms with Gasteiger partial charge < -0.3 is 10.4 Å². The van der Waals surface area contributed by atoms with E-state index in [-0.39, 0.29) is 39.5 Å². The molecule has 128 valence electrons. The van der Waals surface area contributed by atoms with Crippen molar-refractivity contribution in [3.8, 4) is 5.88 Å². The van der Waals surface area contributed by atoms with Crippen LogP contribution in [0.25, 0.3) is 10.8 Å². The van der Waals surface area contributed by atoms with Crippen LogP contribution in [-0.2, 0) is 10.0 Å². The lowest BCUT2D eigenvalue weighted by Crippen LogP contribution is -2.42. The van der Waals surface area contributed by atoms with Crippen LogP contribution in [0.5, 0.6) is 5.88 Å². The van der Waals surface area contributed by atoms with Crippen molar-refractivity contribution in [3.63, 3.8) is 0 Å². The van der Waals surface area contributed by atoms with Gasteiger partial charge in [-0.15, -0.1) is 0 Å². The molecule has 1 aromatic heterocycles. The fourth-order valence-corrected chi connectivity index (χ4v) is 5.93. The average molecular weight is 351 g/mol. The first-order valence-corrected chi connectivity index (χ1v) is 9.36. The van der Waals surface area contributed by atoms with Crippen molar-refractivity contribution in [3.05, 3.63) is 30.2 Å². The van der Waals surface area contributed by atoms with Crippen LogP contribution in [0.3, 0.4) is 0 Å². The zero-order valence-corrected chi connectivity index (χ0v) is 13.9. The minimum absolute atomic E-state index is 0.0984. The number of benzene rings is 1. The number of aromatic nitrogens is 1. The molecule has 3 heterocycles. The fourth-order valence-electron chi connectivity index (χ4n) is 4.00. The maximum Gasteiger partial charge on any atom is 0.244 e. The highest BCUT2D eigenvalue weighted by molar-refractivity contribution is 7.89. The normalized spacial score (nSPS) is 27.7. The molecule has 2 fully saturated rings.